The summed E-state index contributed by atoms with van der Waals surface area (Å²) in [6.07, 6.45) is 1.53. The summed E-state index contributed by atoms with van der Waals surface area (Å²) in [4.78, 5) is 20.0. The van der Waals surface area contributed by atoms with E-state index in [4.69, 9.17) is 0 Å². The number of Topliss-reactive ketones (excluding diaryl/α,β-unsaturated/α-hetero) is 1. The van der Waals surface area contributed by atoms with E-state index in [-0.39, 0.29) is 18.2 Å². The highest BCUT2D eigenvalue weighted by atomic mass is 35.5. The van der Waals surface area contributed by atoms with E-state index < -0.39 is 0 Å². The van der Waals surface area contributed by atoms with Crippen LogP contribution >= 0.6 is 0 Å². The van der Waals surface area contributed by atoms with Gasteiger partial charge in [-0.3, -0.25) is 4.79 Å². The maximum absolute atomic E-state index is 11.4. The van der Waals surface area contributed by atoms with E-state index in [0.29, 0.717) is 11.4 Å². The average Bonchev–Trinajstić information content (AvgIpc) is 2.56. The maximum Gasteiger partial charge on any atom is 0.159 e. The topological polar surface area (TPSA) is 54.9 Å². The third kappa shape index (κ3) is 4.14. The van der Waals surface area contributed by atoms with Crippen molar-refractivity contribution in [3.8, 4) is 11.3 Å². The SMILES string of the molecule is CC(=O)c1cccc(Nc2cc(-c3ccccc3)ncn2)c1.[Cl-]. The van der Waals surface area contributed by atoms with E-state index in [2.05, 4.69) is 15.3 Å². The van der Waals surface area contributed by atoms with Crippen molar-refractivity contribution in [1.82, 2.24) is 9.97 Å². The van der Waals surface area contributed by atoms with Crippen LogP contribution in [0.15, 0.2) is 67.0 Å². The van der Waals surface area contributed by atoms with Crippen LogP contribution in [0.5, 0.6) is 0 Å². The summed E-state index contributed by atoms with van der Waals surface area (Å²) < 4.78 is 0. The predicted molar refractivity (Wildman–Crippen MR) is 87.2 cm³/mol. The number of benzene rings is 2. The van der Waals surface area contributed by atoms with Gasteiger partial charge in [0.05, 0.1) is 5.69 Å². The highest BCUT2D eigenvalue weighted by Gasteiger charge is 2.04. The Morgan fingerprint density at radius 1 is 0.957 bits per heavy atom. The second-order valence-electron chi connectivity index (χ2n) is 4.92. The van der Waals surface area contributed by atoms with Crippen molar-refractivity contribution in [2.75, 3.05) is 5.32 Å². The Labute approximate surface area is 141 Å². The fourth-order valence-corrected chi connectivity index (χ4v) is 2.16. The molecule has 0 fully saturated rings. The molecule has 0 radical (unpaired) electrons. The van der Waals surface area contributed by atoms with E-state index in [1.165, 1.54) is 6.33 Å². The van der Waals surface area contributed by atoms with Crippen LogP contribution in [0.2, 0.25) is 0 Å². The van der Waals surface area contributed by atoms with E-state index in [1.54, 1.807) is 13.0 Å². The van der Waals surface area contributed by atoms with Gasteiger partial charge >= 0.3 is 0 Å². The predicted octanol–water partition coefficient (Wildman–Crippen LogP) is 1.09. The second-order valence-corrected chi connectivity index (χ2v) is 4.92. The van der Waals surface area contributed by atoms with Crippen LogP contribution in [0, 0.1) is 0 Å². The monoisotopic (exact) mass is 324 g/mol. The lowest BCUT2D eigenvalue weighted by atomic mass is 10.1. The molecule has 0 saturated carbocycles. The molecule has 4 nitrogen and oxygen atoms in total. The molecule has 0 unspecified atom stereocenters. The van der Waals surface area contributed by atoms with Crippen LogP contribution in [0.3, 0.4) is 0 Å². The summed E-state index contributed by atoms with van der Waals surface area (Å²) >= 11 is 0. The van der Waals surface area contributed by atoms with Crippen LogP contribution in [0.1, 0.15) is 17.3 Å². The van der Waals surface area contributed by atoms with Crippen molar-refractivity contribution in [2.45, 2.75) is 6.92 Å². The maximum atomic E-state index is 11.4. The van der Waals surface area contributed by atoms with E-state index in [0.717, 1.165) is 16.9 Å². The molecule has 3 aromatic rings. The lowest BCUT2D eigenvalue weighted by Gasteiger charge is -2.08. The Hall–Kier alpha value is -2.72. The Kier molecular flexibility index (Phi) is 5.44. The standard InChI is InChI=1S/C18H15N3O.ClH/c1-13(22)15-8-5-9-16(10-15)21-18-11-17(19-12-20-18)14-6-3-2-4-7-14;/h2-12H,1H3,(H,19,20,21);1H/p-1. The minimum Gasteiger partial charge on any atom is -1.00 e. The van der Waals surface area contributed by atoms with Gasteiger partial charge in [-0.1, -0.05) is 42.5 Å². The molecule has 23 heavy (non-hydrogen) atoms. The molecule has 0 aliphatic rings. The summed E-state index contributed by atoms with van der Waals surface area (Å²) in [5.74, 6) is 0.728. The van der Waals surface area contributed by atoms with Crippen molar-refractivity contribution < 1.29 is 17.2 Å². The summed E-state index contributed by atoms with van der Waals surface area (Å²) in [7, 11) is 0. The lowest BCUT2D eigenvalue weighted by molar-refractivity contribution is -0.0000125. The van der Waals surface area contributed by atoms with Crippen LogP contribution < -0.4 is 17.7 Å². The van der Waals surface area contributed by atoms with Gasteiger partial charge in [0.15, 0.2) is 5.78 Å². The zero-order valence-corrected chi connectivity index (χ0v) is 13.3. The van der Waals surface area contributed by atoms with Crippen molar-refractivity contribution in [3.63, 3.8) is 0 Å². The number of anilines is 2. The van der Waals surface area contributed by atoms with Gasteiger partial charge in [0.2, 0.25) is 0 Å². The lowest BCUT2D eigenvalue weighted by Crippen LogP contribution is -3.00. The number of ketones is 1. The van der Waals surface area contributed by atoms with Crippen LogP contribution in [-0.2, 0) is 0 Å². The molecule has 0 atom stereocenters. The number of carbonyl (C=O) groups is 1. The number of rotatable bonds is 4. The minimum absolute atomic E-state index is 0. The molecule has 0 saturated heterocycles. The van der Waals surface area contributed by atoms with Gasteiger partial charge < -0.3 is 17.7 Å². The number of nitrogens with one attached hydrogen (secondary N) is 1. The third-order valence-corrected chi connectivity index (χ3v) is 3.28. The smallest absolute Gasteiger partial charge is 0.159 e. The first kappa shape index (κ1) is 16.6. The first-order chi connectivity index (χ1) is 10.7. The van der Waals surface area contributed by atoms with Crippen LogP contribution in [0.4, 0.5) is 11.5 Å². The molecule has 116 valence electrons. The first-order valence-corrected chi connectivity index (χ1v) is 6.98. The fourth-order valence-electron chi connectivity index (χ4n) is 2.16. The fraction of sp³-hybridized carbons (Fsp3) is 0.0556. The van der Waals surface area contributed by atoms with Gasteiger partial charge in [-0.05, 0) is 19.1 Å². The Balaban J connectivity index is 0.00000192. The Morgan fingerprint density at radius 3 is 2.48 bits per heavy atom. The molecule has 1 N–H and O–H groups in total. The number of hydrogen-bond acceptors (Lipinski definition) is 4. The summed E-state index contributed by atoms with van der Waals surface area (Å²) in [6, 6.07) is 19.2. The molecule has 5 heteroatoms. The van der Waals surface area contributed by atoms with Gasteiger partial charge in [-0.2, -0.15) is 0 Å². The van der Waals surface area contributed by atoms with Gasteiger partial charge in [-0.25, -0.2) is 9.97 Å². The van der Waals surface area contributed by atoms with Crippen molar-refractivity contribution in [2.24, 2.45) is 0 Å². The van der Waals surface area contributed by atoms with Crippen LogP contribution in [0.25, 0.3) is 11.3 Å². The number of nitrogens with zero attached hydrogens (tertiary/aromatic N) is 2. The molecular formula is C18H15ClN3O-. The first-order valence-electron chi connectivity index (χ1n) is 6.98. The van der Waals surface area contributed by atoms with Crippen molar-refractivity contribution >= 4 is 17.3 Å². The van der Waals surface area contributed by atoms with E-state index >= 15 is 0 Å². The van der Waals surface area contributed by atoms with Crippen molar-refractivity contribution in [3.05, 3.63) is 72.6 Å². The molecule has 0 amide bonds. The zero-order chi connectivity index (χ0) is 15.4. The van der Waals surface area contributed by atoms with Gasteiger partial charge in [0.1, 0.15) is 12.1 Å². The summed E-state index contributed by atoms with van der Waals surface area (Å²) in [5.41, 5.74) is 3.37. The number of hydrogen-bond donors (Lipinski definition) is 1. The third-order valence-electron chi connectivity index (χ3n) is 3.28. The molecule has 2 aromatic carbocycles. The molecule has 0 bridgehead atoms. The molecular weight excluding hydrogens is 310 g/mol. The van der Waals surface area contributed by atoms with Crippen molar-refractivity contribution in [1.29, 1.82) is 0 Å². The van der Waals surface area contributed by atoms with E-state index in [1.807, 2.05) is 54.6 Å². The highest BCUT2D eigenvalue weighted by molar-refractivity contribution is 5.95. The average molecular weight is 325 g/mol. The molecule has 0 spiro atoms. The van der Waals surface area contributed by atoms with Crippen LogP contribution in [-0.4, -0.2) is 15.8 Å². The minimum atomic E-state index is 0. The normalized spacial score (nSPS) is 9.78. The summed E-state index contributed by atoms with van der Waals surface area (Å²) in [6.45, 7) is 1.55. The second kappa shape index (κ2) is 7.51. The quantitative estimate of drug-likeness (QED) is 0.730. The van der Waals surface area contributed by atoms with Gasteiger partial charge in [0, 0.05) is 22.9 Å². The molecule has 3 rings (SSSR count). The zero-order valence-electron chi connectivity index (χ0n) is 12.5. The summed E-state index contributed by atoms with van der Waals surface area (Å²) in [5, 5.41) is 3.21. The Bertz CT molecular complexity index is 806. The largest absolute Gasteiger partial charge is 1.00 e. The molecule has 1 heterocycles. The Morgan fingerprint density at radius 2 is 1.74 bits per heavy atom. The molecule has 0 aliphatic heterocycles. The number of aromatic nitrogens is 2. The highest BCUT2D eigenvalue weighted by Crippen LogP contribution is 2.21. The molecule has 0 aliphatic carbocycles. The van der Waals surface area contributed by atoms with E-state index in [9.17, 15) is 4.79 Å². The molecule has 1 aromatic heterocycles. The van der Waals surface area contributed by atoms with Gasteiger partial charge in [-0.15, -0.1) is 0 Å². The number of halogens is 1. The number of carbonyl (C=O) groups excluding carboxylic acids is 1. The van der Waals surface area contributed by atoms with Gasteiger partial charge in [0.25, 0.3) is 0 Å².